The van der Waals surface area contributed by atoms with Crippen molar-refractivity contribution < 1.29 is 17.5 Å². The maximum Gasteiger partial charge on any atom is 0.355 e. The van der Waals surface area contributed by atoms with Crippen molar-refractivity contribution in [1.29, 1.82) is 0 Å². The molecule has 9 heteroatoms. The summed E-state index contributed by atoms with van der Waals surface area (Å²) in [6.07, 6.45) is 0.814. The monoisotopic (exact) mass is 339 g/mol. The molecule has 0 aliphatic carbocycles. The lowest BCUT2D eigenvalue weighted by atomic mass is 10.1. The molecule has 0 atom stereocenters. The van der Waals surface area contributed by atoms with Gasteiger partial charge >= 0.3 is 21.7 Å². The average molecular weight is 339 g/mol. The van der Waals surface area contributed by atoms with Gasteiger partial charge in [0.05, 0.1) is 16.7 Å². The highest BCUT2D eigenvalue weighted by Gasteiger charge is 2.28. The number of nitrogens with zero attached hydrogens (tertiary/aromatic N) is 2. The molecule has 0 unspecified atom stereocenters. The maximum atomic E-state index is 11.5. The lowest BCUT2D eigenvalue weighted by Crippen LogP contribution is -2.13. The van der Waals surface area contributed by atoms with Crippen LogP contribution in [0.3, 0.4) is 0 Å². The standard InChI is InChI=1S/C14H17N3O5S/c1-9(2)8-15-12-10-6-4-5-7-11(10)16-14(13(12)17(18)19)22-23(3,20)21/h4-7,9H,8H2,1-3H3,(H,15,16). The number of hydrogen-bond donors (Lipinski definition) is 1. The van der Waals surface area contributed by atoms with Gasteiger partial charge in [0.15, 0.2) is 0 Å². The second kappa shape index (κ2) is 6.37. The molecule has 2 aromatic rings. The van der Waals surface area contributed by atoms with Crippen LogP contribution in [0.15, 0.2) is 24.3 Å². The van der Waals surface area contributed by atoms with Gasteiger partial charge in [0.25, 0.3) is 0 Å². The number of benzene rings is 1. The average Bonchev–Trinajstić information content (AvgIpc) is 2.42. The largest absolute Gasteiger partial charge is 0.378 e. The number of pyridine rings is 1. The third kappa shape index (κ3) is 4.07. The molecule has 8 nitrogen and oxygen atoms in total. The quantitative estimate of drug-likeness (QED) is 0.489. The van der Waals surface area contributed by atoms with Crippen LogP contribution in [0.5, 0.6) is 5.88 Å². The molecule has 1 aromatic carbocycles. The lowest BCUT2D eigenvalue weighted by Gasteiger charge is -2.14. The SMILES string of the molecule is CC(C)CNc1c([N+](=O)[O-])c(OS(C)(=O)=O)nc2ccccc12. The second-order valence-corrected chi connectivity index (χ2v) is 7.05. The van der Waals surface area contributed by atoms with Crippen LogP contribution < -0.4 is 9.50 Å². The summed E-state index contributed by atoms with van der Waals surface area (Å²) in [4.78, 5) is 14.8. The summed E-state index contributed by atoms with van der Waals surface area (Å²) in [5.41, 5.74) is 0.116. The van der Waals surface area contributed by atoms with Crippen molar-refractivity contribution in [2.24, 2.45) is 5.92 Å². The van der Waals surface area contributed by atoms with E-state index >= 15 is 0 Å². The van der Waals surface area contributed by atoms with Crippen molar-refractivity contribution in [1.82, 2.24) is 4.98 Å². The van der Waals surface area contributed by atoms with Gasteiger partial charge in [0.1, 0.15) is 5.69 Å². The fourth-order valence-electron chi connectivity index (χ4n) is 2.04. The Hall–Kier alpha value is -2.42. The molecule has 0 fully saturated rings. The highest BCUT2D eigenvalue weighted by atomic mass is 32.2. The third-order valence-corrected chi connectivity index (χ3v) is 3.40. The Kier molecular flexibility index (Phi) is 4.69. The molecule has 23 heavy (non-hydrogen) atoms. The zero-order valence-electron chi connectivity index (χ0n) is 12.9. The molecular formula is C14H17N3O5S. The van der Waals surface area contributed by atoms with Crippen LogP contribution in [-0.4, -0.2) is 31.1 Å². The lowest BCUT2D eigenvalue weighted by molar-refractivity contribution is -0.384. The molecule has 0 bridgehead atoms. The van der Waals surface area contributed by atoms with E-state index in [1.54, 1.807) is 24.3 Å². The number of para-hydroxylation sites is 1. The molecule has 0 aliphatic heterocycles. The Morgan fingerprint density at radius 1 is 1.35 bits per heavy atom. The predicted octanol–water partition coefficient (Wildman–Crippen LogP) is 2.55. The summed E-state index contributed by atoms with van der Waals surface area (Å²) >= 11 is 0. The van der Waals surface area contributed by atoms with Gasteiger partial charge in [-0.05, 0) is 12.0 Å². The van der Waals surface area contributed by atoms with E-state index in [2.05, 4.69) is 10.3 Å². The highest BCUT2D eigenvalue weighted by Crippen LogP contribution is 2.39. The van der Waals surface area contributed by atoms with E-state index in [1.807, 2.05) is 13.8 Å². The number of rotatable bonds is 6. The smallest absolute Gasteiger partial charge is 0.355 e. The van der Waals surface area contributed by atoms with E-state index in [1.165, 1.54) is 0 Å². The Morgan fingerprint density at radius 2 is 2.00 bits per heavy atom. The number of hydrogen-bond acceptors (Lipinski definition) is 7. The Labute approximate surface area is 133 Å². The highest BCUT2D eigenvalue weighted by molar-refractivity contribution is 7.86. The van der Waals surface area contributed by atoms with E-state index in [9.17, 15) is 18.5 Å². The van der Waals surface area contributed by atoms with Crippen molar-refractivity contribution in [2.75, 3.05) is 18.1 Å². The number of fused-ring (bicyclic) bond motifs is 1. The first-order valence-corrected chi connectivity index (χ1v) is 8.71. The first-order valence-electron chi connectivity index (χ1n) is 6.89. The van der Waals surface area contributed by atoms with E-state index in [-0.39, 0.29) is 11.6 Å². The van der Waals surface area contributed by atoms with Crippen molar-refractivity contribution in [3.8, 4) is 5.88 Å². The van der Waals surface area contributed by atoms with Gasteiger partial charge in [-0.15, -0.1) is 0 Å². The summed E-state index contributed by atoms with van der Waals surface area (Å²) in [5, 5.41) is 15.0. The molecular weight excluding hydrogens is 322 g/mol. The number of nitro groups is 1. The van der Waals surface area contributed by atoms with Gasteiger partial charge in [0.2, 0.25) is 0 Å². The summed E-state index contributed by atoms with van der Waals surface area (Å²) in [6.45, 7) is 4.39. The molecule has 0 amide bonds. The topological polar surface area (TPSA) is 111 Å². The van der Waals surface area contributed by atoms with Gasteiger partial charge in [-0.25, -0.2) is 4.98 Å². The van der Waals surface area contributed by atoms with Crippen LogP contribution in [0, 0.1) is 16.0 Å². The predicted molar refractivity (Wildman–Crippen MR) is 87.2 cm³/mol. The molecule has 1 N–H and O–H groups in total. The minimum atomic E-state index is -3.94. The van der Waals surface area contributed by atoms with E-state index < -0.39 is 26.6 Å². The van der Waals surface area contributed by atoms with Crippen LogP contribution in [0.1, 0.15) is 13.8 Å². The molecule has 0 saturated heterocycles. The van der Waals surface area contributed by atoms with Gasteiger partial charge < -0.3 is 9.50 Å². The van der Waals surface area contributed by atoms with Crippen molar-refractivity contribution in [3.05, 3.63) is 34.4 Å². The Balaban J connectivity index is 2.74. The van der Waals surface area contributed by atoms with Crippen molar-refractivity contribution in [3.63, 3.8) is 0 Å². The molecule has 0 saturated carbocycles. The first-order chi connectivity index (χ1) is 10.7. The minimum Gasteiger partial charge on any atom is -0.378 e. The zero-order chi connectivity index (χ0) is 17.2. The first kappa shape index (κ1) is 16.9. The fourth-order valence-corrected chi connectivity index (χ4v) is 2.44. The molecule has 1 aromatic heterocycles. The second-order valence-electron chi connectivity index (χ2n) is 5.48. The number of anilines is 1. The summed E-state index contributed by atoms with van der Waals surface area (Å²) in [5.74, 6) is -0.303. The van der Waals surface area contributed by atoms with Gasteiger partial charge in [-0.3, -0.25) is 10.1 Å². The molecule has 1 heterocycles. The minimum absolute atomic E-state index is 0.202. The Bertz CT molecular complexity index is 849. The van der Waals surface area contributed by atoms with Crippen molar-refractivity contribution in [2.45, 2.75) is 13.8 Å². The summed E-state index contributed by atoms with van der Waals surface area (Å²) < 4.78 is 27.5. The maximum absolute atomic E-state index is 11.5. The van der Waals surface area contributed by atoms with Gasteiger partial charge in [0, 0.05) is 11.9 Å². The molecule has 2 rings (SSSR count). The van der Waals surface area contributed by atoms with Crippen LogP contribution >= 0.6 is 0 Å². The zero-order valence-corrected chi connectivity index (χ0v) is 13.8. The van der Waals surface area contributed by atoms with Crippen molar-refractivity contribution >= 4 is 32.4 Å². The number of nitrogens with one attached hydrogen (secondary N) is 1. The van der Waals surface area contributed by atoms with E-state index in [0.717, 1.165) is 6.26 Å². The normalized spacial score (nSPS) is 11.7. The summed E-state index contributed by atoms with van der Waals surface area (Å²) in [7, 11) is -3.94. The van der Waals surface area contributed by atoms with Crippen LogP contribution in [0.25, 0.3) is 10.9 Å². The van der Waals surface area contributed by atoms with Gasteiger partial charge in [-0.1, -0.05) is 32.0 Å². The number of aromatic nitrogens is 1. The van der Waals surface area contributed by atoms with Crippen LogP contribution in [0.4, 0.5) is 11.4 Å². The van der Waals surface area contributed by atoms with Crippen LogP contribution in [0.2, 0.25) is 0 Å². The third-order valence-electron chi connectivity index (χ3n) is 2.93. The van der Waals surface area contributed by atoms with E-state index in [4.69, 9.17) is 4.18 Å². The fraction of sp³-hybridized carbons (Fsp3) is 0.357. The van der Waals surface area contributed by atoms with Crippen LogP contribution in [-0.2, 0) is 10.1 Å². The molecule has 0 spiro atoms. The molecule has 124 valence electrons. The van der Waals surface area contributed by atoms with Gasteiger partial charge in [-0.2, -0.15) is 8.42 Å². The molecule has 0 aliphatic rings. The van der Waals surface area contributed by atoms with E-state index in [0.29, 0.717) is 17.4 Å². The Morgan fingerprint density at radius 3 is 2.57 bits per heavy atom. The summed E-state index contributed by atoms with van der Waals surface area (Å²) in [6, 6.07) is 6.75. The molecule has 0 radical (unpaired) electrons.